The lowest BCUT2D eigenvalue weighted by Crippen LogP contribution is -2.10. The van der Waals surface area contributed by atoms with Gasteiger partial charge in [-0.05, 0) is 80.5 Å². The first-order valence-electron chi connectivity index (χ1n) is 17.0. The SMILES string of the molecule is c1ccc(-c2ccc(N(c3ccc(-c4nccc5sc6ccccc6c45)cc3)c3cc4c5ccccc5ccc4c4ccccc34)cc2)cc1. The molecule has 0 spiro atoms. The fourth-order valence-electron chi connectivity index (χ4n) is 7.54. The van der Waals surface area contributed by atoms with Crippen LogP contribution < -0.4 is 4.90 Å². The third kappa shape index (κ3) is 4.67. The zero-order valence-corrected chi connectivity index (χ0v) is 27.9. The molecule has 234 valence electrons. The van der Waals surface area contributed by atoms with Gasteiger partial charge in [0.1, 0.15) is 0 Å². The number of nitrogens with zero attached hydrogens (tertiary/aromatic N) is 2. The van der Waals surface area contributed by atoms with E-state index in [0.717, 1.165) is 28.3 Å². The van der Waals surface area contributed by atoms with Crippen molar-refractivity contribution in [2.75, 3.05) is 4.90 Å². The molecule has 0 aliphatic carbocycles. The molecule has 2 nitrogen and oxygen atoms in total. The van der Waals surface area contributed by atoms with E-state index in [0.29, 0.717) is 0 Å². The predicted molar refractivity (Wildman–Crippen MR) is 215 cm³/mol. The predicted octanol–water partition coefficient (Wildman–Crippen LogP) is 13.7. The summed E-state index contributed by atoms with van der Waals surface area (Å²) in [5.41, 5.74) is 7.87. The van der Waals surface area contributed by atoms with E-state index in [1.54, 1.807) is 0 Å². The van der Waals surface area contributed by atoms with Crippen molar-refractivity contribution in [2.45, 2.75) is 0 Å². The van der Waals surface area contributed by atoms with E-state index in [4.69, 9.17) is 4.98 Å². The van der Waals surface area contributed by atoms with Crippen LogP contribution in [0.15, 0.2) is 182 Å². The normalized spacial score (nSPS) is 11.6. The largest absolute Gasteiger partial charge is 0.310 e. The fourth-order valence-corrected chi connectivity index (χ4v) is 8.65. The molecule has 0 aliphatic rings. The van der Waals surface area contributed by atoms with Crippen molar-refractivity contribution < 1.29 is 0 Å². The lowest BCUT2D eigenvalue weighted by Gasteiger charge is -2.28. The van der Waals surface area contributed by atoms with Crippen LogP contribution in [-0.4, -0.2) is 4.98 Å². The summed E-state index contributed by atoms with van der Waals surface area (Å²) in [4.78, 5) is 7.34. The van der Waals surface area contributed by atoms with Crippen LogP contribution in [-0.2, 0) is 0 Å². The van der Waals surface area contributed by atoms with Gasteiger partial charge in [0, 0.05) is 48.7 Å². The molecule has 0 aliphatic heterocycles. The highest BCUT2D eigenvalue weighted by atomic mass is 32.1. The van der Waals surface area contributed by atoms with Gasteiger partial charge in [-0.1, -0.05) is 133 Å². The lowest BCUT2D eigenvalue weighted by molar-refractivity contribution is 1.30. The first-order chi connectivity index (χ1) is 24.8. The van der Waals surface area contributed by atoms with Crippen LogP contribution in [0.4, 0.5) is 17.1 Å². The average molecular weight is 655 g/mol. The number of hydrogen-bond acceptors (Lipinski definition) is 3. The summed E-state index contributed by atoms with van der Waals surface area (Å²) >= 11 is 1.83. The minimum Gasteiger partial charge on any atom is -0.310 e. The third-order valence-electron chi connectivity index (χ3n) is 9.91. The molecule has 0 radical (unpaired) electrons. The zero-order chi connectivity index (χ0) is 33.0. The van der Waals surface area contributed by atoms with Gasteiger partial charge in [0.15, 0.2) is 0 Å². The summed E-state index contributed by atoms with van der Waals surface area (Å²) in [6, 6.07) is 63.7. The number of thiophene rings is 1. The van der Waals surface area contributed by atoms with E-state index >= 15 is 0 Å². The molecule has 0 unspecified atom stereocenters. The maximum Gasteiger partial charge on any atom is 0.0795 e. The summed E-state index contributed by atoms with van der Waals surface area (Å²) in [6.45, 7) is 0. The Morgan fingerprint density at radius 3 is 1.78 bits per heavy atom. The van der Waals surface area contributed by atoms with Crippen molar-refractivity contribution in [1.29, 1.82) is 0 Å². The van der Waals surface area contributed by atoms with Crippen LogP contribution in [0.5, 0.6) is 0 Å². The molecule has 0 N–H and O–H groups in total. The summed E-state index contributed by atoms with van der Waals surface area (Å²) in [6.07, 6.45) is 1.94. The van der Waals surface area contributed by atoms with Gasteiger partial charge in [0.25, 0.3) is 0 Å². The highest BCUT2D eigenvalue weighted by molar-refractivity contribution is 7.25. The smallest absolute Gasteiger partial charge is 0.0795 e. The van der Waals surface area contributed by atoms with Gasteiger partial charge in [-0.2, -0.15) is 0 Å². The van der Waals surface area contributed by atoms with Crippen LogP contribution in [0.3, 0.4) is 0 Å². The lowest BCUT2D eigenvalue weighted by atomic mass is 9.95. The van der Waals surface area contributed by atoms with Crippen LogP contribution in [0.1, 0.15) is 0 Å². The van der Waals surface area contributed by atoms with Crippen LogP contribution >= 0.6 is 11.3 Å². The Kier molecular flexibility index (Phi) is 6.71. The van der Waals surface area contributed by atoms with Gasteiger partial charge >= 0.3 is 0 Å². The van der Waals surface area contributed by atoms with Gasteiger partial charge in [0.05, 0.1) is 11.4 Å². The third-order valence-corrected chi connectivity index (χ3v) is 11.0. The average Bonchev–Trinajstić information content (AvgIpc) is 3.58. The first-order valence-corrected chi connectivity index (χ1v) is 17.8. The van der Waals surface area contributed by atoms with Crippen molar-refractivity contribution >= 4 is 80.9 Å². The summed E-state index contributed by atoms with van der Waals surface area (Å²) < 4.78 is 2.55. The second-order valence-corrected chi connectivity index (χ2v) is 13.8. The van der Waals surface area contributed by atoms with E-state index in [2.05, 4.69) is 181 Å². The number of pyridine rings is 1. The fraction of sp³-hybridized carbons (Fsp3) is 0. The molecule has 0 amide bonds. The van der Waals surface area contributed by atoms with E-state index in [-0.39, 0.29) is 0 Å². The van der Waals surface area contributed by atoms with E-state index < -0.39 is 0 Å². The zero-order valence-electron chi connectivity index (χ0n) is 27.1. The van der Waals surface area contributed by atoms with E-state index in [1.807, 2.05) is 17.5 Å². The molecule has 3 heteroatoms. The second-order valence-electron chi connectivity index (χ2n) is 12.7. The van der Waals surface area contributed by atoms with Crippen LogP contribution in [0, 0.1) is 0 Å². The summed E-state index contributed by atoms with van der Waals surface area (Å²) in [5, 5.41) is 9.95. The molecule has 0 atom stereocenters. The standard InChI is InChI=1S/C47H30N2S/c1-2-10-31(11-3-1)32-18-23-35(24-19-32)49(43-30-42-37-13-5-4-12-33(37)22-27-39(42)38-14-6-7-15-40(38)43)36-25-20-34(21-26-36)47-46-41-16-8-9-17-44(41)50-45(46)28-29-48-47/h1-30H. The Hall–Kier alpha value is -6.29. The van der Waals surface area contributed by atoms with Crippen molar-refractivity contribution in [3.63, 3.8) is 0 Å². The number of anilines is 3. The Balaban J connectivity index is 1.19. The molecule has 10 rings (SSSR count). The number of rotatable bonds is 5. The second kappa shape index (κ2) is 11.7. The number of aromatic nitrogens is 1. The molecule has 0 saturated heterocycles. The number of hydrogen-bond donors (Lipinski definition) is 0. The molecule has 0 saturated carbocycles. The molecular formula is C47H30N2S. The topological polar surface area (TPSA) is 16.1 Å². The minimum absolute atomic E-state index is 1.02. The molecule has 8 aromatic carbocycles. The van der Waals surface area contributed by atoms with Gasteiger partial charge in [-0.3, -0.25) is 4.98 Å². The maximum atomic E-state index is 4.93. The maximum absolute atomic E-state index is 4.93. The van der Waals surface area contributed by atoms with Crippen molar-refractivity contribution in [2.24, 2.45) is 0 Å². The van der Waals surface area contributed by atoms with Crippen LogP contribution in [0.25, 0.3) is 74.9 Å². The first kappa shape index (κ1) is 28.7. The molecular weight excluding hydrogens is 625 g/mol. The molecule has 2 aromatic heterocycles. The van der Waals surface area contributed by atoms with Crippen molar-refractivity contribution in [1.82, 2.24) is 4.98 Å². The Morgan fingerprint density at radius 2 is 1.00 bits per heavy atom. The Morgan fingerprint density at radius 1 is 0.400 bits per heavy atom. The summed E-state index contributed by atoms with van der Waals surface area (Å²) in [7, 11) is 0. The molecule has 0 bridgehead atoms. The summed E-state index contributed by atoms with van der Waals surface area (Å²) in [5.74, 6) is 0. The van der Waals surface area contributed by atoms with Gasteiger partial charge in [-0.15, -0.1) is 11.3 Å². The van der Waals surface area contributed by atoms with Gasteiger partial charge in [0.2, 0.25) is 0 Å². The highest BCUT2D eigenvalue weighted by Gasteiger charge is 2.19. The van der Waals surface area contributed by atoms with Crippen molar-refractivity contribution in [3.05, 3.63) is 182 Å². The number of benzene rings is 8. The molecule has 2 heterocycles. The van der Waals surface area contributed by atoms with Crippen LogP contribution in [0.2, 0.25) is 0 Å². The quantitative estimate of drug-likeness (QED) is 0.172. The van der Waals surface area contributed by atoms with Gasteiger partial charge < -0.3 is 4.90 Å². The molecule has 50 heavy (non-hydrogen) atoms. The van der Waals surface area contributed by atoms with Crippen molar-refractivity contribution in [3.8, 4) is 22.4 Å². The Labute approximate surface area is 294 Å². The molecule has 10 aromatic rings. The highest BCUT2D eigenvalue weighted by Crippen LogP contribution is 2.45. The van der Waals surface area contributed by atoms with E-state index in [9.17, 15) is 0 Å². The minimum atomic E-state index is 1.02. The van der Waals surface area contributed by atoms with E-state index in [1.165, 1.54) is 63.6 Å². The molecule has 0 fully saturated rings. The number of fused-ring (bicyclic) bond motifs is 8. The monoisotopic (exact) mass is 654 g/mol. The Bertz CT molecular complexity index is 2850. The van der Waals surface area contributed by atoms with Gasteiger partial charge in [-0.25, -0.2) is 0 Å².